The average Bonchev–Trinajstić information content (AvgIpc) is 3.68. The van der Waals surface area contributed by atoms with Crippen molar-refractivity contribution in [1.82, 2.24) is 0 Å². The third-order valence-electron chi connectivity index (χ3n) is 8.18. The van der Waals surface area contributed by atoms with Gasteiger partial charge in [-0.3, -0.25) is 0 Å². The second-order valence-electron chi connectivity index (χ2n) is 10.5. The topological polar surface area (TPSA) is 34.8 Å². The first-order chi connectivity index (χ1) is 20.3. The smallest absolute Gasteiger partial charge is 0.306 e. The number of hydrogen-bond acceptors (Lipinski definition) is 4. The molecule has 4 heteroatoms. The molecule has 0 N–H and O–H groups in total. The summed E-state index contributed by atoms with van der Waals surface area (Å²) in [5.41, 5.74) is 9.05. The number of para-hydroxylation sites is 2. The second kappa shape index (κ2) is 8.26. The number of benzene rings is 6. The first-order valence-corrected chi connectivity index (χ1v) is 13.8. The molecule has 0 saturated heterocycles. The highest BCUT2D eigenvalue weighted by Gasteiger charge is 2.52. The molecule has 1 aromatic heterocycles. The molecule has 1 spiro atoms. The summed E-state index contributed by atoms with van der Waals surface area (Å²) in [7, 11) is 0. The normalized spacial score (nSPS) is 14.0. The highest BCUT2D eigenvalue weighted by Crippen LogP contribution is 2.56. The Morgan fingerprint density at radius 2 is 1.05 bits per heavy atom. The predicted octanol–water partition coefficient (Wildman–Crippen LogP) is 9.71. The molecule has 6 aromatic carbocycles. The van der Waals surface area contributed by atoms with Crippen molar-refractivity contribution in [1.29, 1.82) is 0 Å². The Morgan fingerprint density at radius 3 is 1.85 bits per heavy atom. The molecule has 0 fully saturated rings. The molecular weight excluding hydrogens is 506 g/mol. The van der Waals surface area contributed by atoms with Gasteiger partial charge in [-0.25, -0.2) is 0 Å². The van der Waals surface area contributed by atoms with Crippen LogP contribution in [-0.4, -0.2) is 0 Å². The second-order valence-corrected chi connectivity index (χ2v) is 10.5. The molecule has 4 nitrogen and oxygen atoms in total. The van der Waals surface area contributed by atoms with Crippen molar-refractivity contribution >= 4 is 39.0 Å². The molecule has 7 aromatic rings. The van der Waals surface area contributed by atoms with Crippen molar-refractivity contribution in [2.75, 3.05) is 4.90 Å². The zero-order valence-corrected chi connectivity index (χ0v) is 22.0. The molecule has 2 heterocycles. The van der Waals surface area contributed by atoms with E-state index in [9.17, 15) is 0 Å². The van der Waals surface area contributed by atoms with E-state index in [1.807, 2.05) is 42.5 Å². The number of furan rings is 1. The zero-order valence-electron chi connectivity index (χ0n) is 22.0. The van der Waals surface area contributed by atoms with Crippen molar-refractivity contribution in [3.63, 3.8) is 0 Å². The Labute approximate surface area is 236 Å². The minimum Gasteiger partial charge on any atom is -0.456 e. The van der Waals surface area contributed by atoms with Gasteiger partial charge >= 0.3 is 5.79 Å². The van der Waals surface area contributed by atoms with Crippen LogP contribution in [0, 0.1) is 0 Å². The lowest BCUT2D eigenvalue weighted by atomic mass is 10.0. The number of hydrogen-bond donors (Lipinski definition) is 0. The summed E-state index contributed by atoms with van der Waals surface area (Å²) in [4.78, 5) is 2.22. The largest absolute Gasteiger partial charge is 0.456 e. The third-order valence-corrected chi connectivity index (χ3v) is 8.18. The van der Waals surface area contributed by atoms with Gasteiger partial charge in [0.15, 0.2) is 11.5 Å². The minimum absolute atomic E-state index is 0.708. The highest BCUT2D eigenvalue weighted by molar-refractivity contribution is 6.06. The molecule has 1 aliphatic carbocycles. The highest BCUT2D eigenvalue weighted by atomic mass is 16.7. The van der Waals surface area contributed by atoms with E-state index in [1.54, 1.807) is 0 Å². The van der Waals surface area contributed by atoms with Crippen LogP contribution in [0.15, 0.2) is 144 Å². The molecule has 0 saturated carbocycles. The maximum absolute atomic E-state index is 6.81. The van der Waals surface area contributed by atoms with Crippen LogP contribution in [0.3, 0.4) is 0 Å². The first kappa shape index (κ1) is 22.3. The third kappa shape index (κ3) is 3.16. The van der Waals surface area contributed by atoms with E-state index in [1.165, 1.54) is 0 Å². The van der Waals surface area contributed by atoms with Crippen molar-refractivity contribution in [2.24, 2.45) is 0 Å². The standard InChI is InChI=1S/C37H23NO3/c1-2-10-24(11-3-1)38(25-18-20-30-29-14-6-9-17-33(29)39-35(30)22-25)26-19-21-34-36(23-26)41-37(40-34)31-15-7-4-12-27(31)28-13-5-8-16-32(28)37/h1-23H. The van der Waals surface area contributed by atoms with E-state index in [4.69, 9.17) is 13.9 Å². The summed E-state index contributed by atoms with van der Waals surface area (Å²) in [6.07, 6.45) is 0. The summed E-state index contributed by atoms with van der Waals surface area (Å²) in [6, 6.07) is 47.7. The maximum atomic E-state index is 6.81. The molecule has 2 aliphatic rings. The molecule has 0 bridgehead atoms. The summed E-state index contributed by atoms with van der Waals surface area (Å²) in [5, 5.41) is 2.22. The molecule has 0 atom stereocenters. The molecule has 194 valence electrons. The van der Waals surface area contributed by atoms with E-state index in [0.717, 1.165) is 67.0 Å². The molecule has 0 amide bonds. The Hall–Kier alpha value is -5.48. The number of nitrogens with zero attached hydrogens (tertiary/aromatic N) is 1. The molecule has 41 heavy (non-hydrogen) atoms. The van der Waals surface area contributed by atoms with Gasteiger partial charge in [-0.2, -0.15) is 0 Å². The number of rotatable bonds is 3. The van der Waals surface area contributed by atoms with Crippen LogP contribution in [0.1, 0.15) is 11.1 Å². The van der Waals surface area contributed by atoms with Gasteiger partial charge in [0.2, 0.25) is 0 Å². The predicted molar refractivity (Wildman–Crippen MR) is 162 cm³/mol. The van der Waals surface area contributed by atoms with Crippen LogP contribution in [0.25, 0.3) is 33.1 Å². The molecule has 0 radical (unpaired) electrons. The Balaban J connectivity index is 1.18. The van der Waals surface area contributed by atoms with Crippen LogP contribution in [-0.2, 0) is 5.79 Å². The molecular formula is C37H23NO3. The number of ether oxygens (including phenoxy) is 2. The monoisotopic (exact) mass is 529 g/mol. The average molecular weight is 530 g/mol. The fraction of sp³-hybridized carbons (Fsp3) is 0.0270. The van der Waals surface area contributed by atoms with E-state index >= 15 is 0 Å². The van der Waals surface area contributed by atoms with E-state index in [-0.39, 0.29) is 0 Å². The number of anilines is 3. The maximum Gasteiger partial charge on any atom is 0.306 e. The van der Waals surface area contributed by atoms with E-state index in [2.05, 4.69) is 102 Å². The molecule has 1 aliphatic heterocycles. The van der Waals surface area contributed by atoms with Crippen LogP contribution < -0.4 is 14.4 Å². The van der Waals surface area contributed by atoms with Crippen LogP contribution in [0.2, 0.25) is 0 Å². The van der Waals surface area contributed by atoms with Crippen molar-refractivity contribution in [3.8, 4) is 22.6 Å². The lowest BCUT2D eigenvalue weighted by molar-refractivity contribution is -0.0417. The van der Waals surface area contributed by atoms with Gasteiger partial charge in [0.05, 0.1) is 5.69 Å². The summed E-state index contributed by atoms with van der Waals surface area (Å²) < 4.78 is 19.8. The van der Waals surface area contributed by atoms with Crippen molar-refractivity contribution in [3.05, 3.63) is 151 Å². The lowest BCUT2D eigenvalue weighted by Gasteiger charge is -2.26. The van der Waals surface area contributed by atoms with Crippen LogP contribution >= 0.6 is 0 Å². The SMILES string of the molecule is c1ccc(N(c2ccc3c(c2)OC2(O3)c3ccccc3-c3ccccc32)c2ccc3c(c2)oc2ccccc23)cc1. The fourth-order valence-electron chi connectivity index (χ4n) is 6.38. The van der Waals surface area contributed by atoms with Crippen molar-refractivity contribution < 1.29 is 13.9 Å². The van der Waals surface area contributed by atoms with Gasteiger partial charge in [0, 0.05) is 45.4 Å². The van der Waals surface area contributed by atoms with E-state index in [0.29, 0.717) is 5.75 Å². The van der Waals surface area contributed by atoms with Gasteiger partial charge in [0.25, 0.3) is 0 Å². The number of fused-ring (bicyclic) bond motifs is 9. The Morgan fingerprint density at radius 1 is 0.439 bits per heavy atom. The summed E-state index contributed by atoms with van der Waals surface area (Å²) in [6.45, 7) is 0. The minimum atomic E-state index is -1.00. The van der Waals surface area contributed by atoms with E-state index < -0.39 is 5.79 Å². The lowest BCUT2D eigenvalue weighted by Crippen LogP contribution is -2.34. The summed E-state index contributed by atoms with van der Waals surface area (Å²) in [5.74, 6) is 0.430. The first-order valence-electron chi connectivity index (χ1n) is 13.8. The van der Waals surface area contributed by atoms with Gasteiger partial charge < -0.3 is 18.8 Å². The van der Waals surface area contributed by atoms with Gasteiger partial charge in [-0.05, 0) is 53.6 Å². The van der Waals surface area contributed by atoms with Crippen LogP contribution in [0.5, 0.6) is 11.5 Å². The summed E-state index contributed by atoms with van der Waals surface area (Å²) >= 11 is 0. The molecule has 0 unspecified atom stereocenters. The Bertz CT molecular complexity index is 2080. The quantitative estimate of drug-likeness (QED) is 0.228. The van der Waals surface area contributed by atoms with Crippen molar-refractivity contribution in [2.45, 2.75) is 5.79 Å². The molecule has 9 rings (SSSR count). The Kier molecular flexibility index (Phi) is 4.50. The van der Waals surface area contributed by atoms with Gasteiger partial charge in [-0.1, -0.05) is 84.9 Å². The fourth-order valence-corrected chi connectivity index (χ4v) is 6.38. The van der Waals surface area contributed by atoms with Gasteiger partial charge in [0.1, 0.15) is 11.2 Å². The van der Waals surface area contributed by atoms with Crippen LogP contribution in [0.4, 0.5) is 17.1 Å². The zero-order chi connectivity index (χ0) is 27.0. The van der Waals surface area contributed by atoms with Gasteiger partial charge in [-0.15, -0.1) is 0 Å².